The van der Waals surface area contributed by atoms with Gasteiger partial charge in [0.1, 0.15) is 12.0 Å². The summed E-state index contributed by atoms with van der Waals surface area (Å²) in [5.41, 5.74) is 3.57. The van der Waals surface area contributed by atoms with Crippen molar-refractivity contribution in [3.05, 3.63) is 37.1 Å². The molecule has 0 spiro atoms. The van der Waals surface area contributed by atoms with E-state index < -0.39 is 0 Å². The van der Waals surface area contributed by atoms with E-state index >= 15 is 0 Å². The van der Waals surface area contributed by atoms with Crippen LogP contribution in [0.25, 0.3) is 27.8 Å². The topological polar surface area (TPSA) is 113 Å². The van der Waals surface area contributed by atoms with Crippen molar-refractivity contribution in [2.75, 3.05) is 5.32 Å². The molecule has 0 atom stereocenters. The first-order valence-corrected chi connectivity index (χ1v) is 10.2. The van der Waals surface area contributed by atoms with E-state index in [4.69, 9.17) is 0 Å². The average molecular weight is 404 g/mol. The lowest BCUT2D eigenvalue weighted by atomic mass is 9.81. The molecule has 1 aliphatic carbocycles. The van der Waals surface area contributed by atoms with Crippen LogP contribution in [-0.4, -0.2) is 47.0 Å². The van der Waals surface area contributed by atoms with Crippen LogP contribution in [0.4, 0.5) is 5.95 Å². The Morgan fingerprint density at radius 3 is 2.93 bits per heavy atom. The number of pyridine rings is 1. The molecule has 0 aliphatic heterocycles. The van der Waals surface area contributed by atoms with E-state index in [0.29, 0.717) is 12.0 Å². The number of carbonyl (C=O) groups is 1. The molecule has 0 saturated heterocycles. The van der Waals surface area contributed by atoms with E-state index in [0.717, 1.165) is 53.5 Å². The Hall–Kier alpha value is -3.49. The maximum absolute atomic E-state index is 11.4. The predicted octanol–water partition coefficient (Wildman–Crippen LogP) is 2.92. The Labute approximate surface area is 173 Å². The molecule has 0 radical (unpaired) electrons. The number of aromatic amines is 1. The number of nitrogens with one attached hydrogen (secondary N) is 3. The molecule has 3 N–H and O–H groups in total. The van der Waals surface area contributed by atoms with Gasteiger partial charge in [0.25, 0.3) is 0 Å². The molecule has 5 rings (SSSR count). The Balaban J connectivity index is 1.32. The molecule has 0 bridgehead atoms. The van der Waals surface area contributed by atoms with E-state index in [1.807, 2.05) is 35.1 Å². The first kappa shape index (κ1) is 18.5. The molecule has 1 amide bonds. The van der Waals surface area contributed by atoms with Crippen molar-refractivity contribution < 1.29 is 4.79 Å². The molecule has 4 aromatic heterocycles. The number of H-pyrrole nitrogens is 1. The minimum absolute atomic E-state index is 0.0312. The third-order valence-corrected chi connectivity index (χ3v) is 5.93. The van der Waals surface area contributed by atoms with Gasteiger partial charge in [-0.15, -0.1) is 10.2 Å². The number of nitrogens with zero attached hydrogens (tertiary/aromatic N) is 5. The second-order valence-corrected chi connectivity index (χ2v) is 8.33. The van der Waals surface area contributed by atoms with Crippen LogP contribution >= 0.6 is 0 Å². The van der Waals surface area contributed by atoms with Gasteiger partial charge in [-0.2, -0.15) is 4.98 Å². The Kier molecular flexibility index (Phi) is 4.38. The summed E-state index contributed by atoms with van der Waals surface area (Å²) >= 11 is 0. The Bertz CT molecular complexity index is 1220. The maximum atomic E-state index is 11.4. The van der Waals surface area contributed by atoms with Crippen LogP contribution in [0.1, 0.15) is 39.5 Å². The second-order valence-electron chi connectivity index (χ2n) is 8.33. The van der Waals surface area contributed by atoms with Crippen molar-refractivity contribution in [2.24, 2.45) is 0 Å². The highest BCUT2D eigenvalue weighted by Crippen LogP contribution is 2.31. The normalized spacial score (nSPS) is 21.7. The van der Waals surface area contributed by atoms with Gasteiger partial charge in [0.2, 0.25) is 11.9 Å². The van der Waals surface area contributed by atoms with Crippen molar-refractivity contribution in [1.29, 1.82) is 0 Å². The summed E-state index contributed by atoms with van der Waals surface area (Å²) in [6, 6.07) is 4.26. The number of aromatic nitrogens is 6. The fourth-order valence-corrected chi connectivity index (χ4v) is 4.33. The first-order chi connectivity index (χ1) is 14.5. The SMILES string of the molecule is CC(=O)NC1(C)CCC(Nc2ncc3c(-c4ccc5nncn5c4)c[nH]c3n2)CC1. The fourth-order valence-electron chi connectivity index (χ4n) is 4.33. The lowest BCUT2D eigenvalue weighted by Gasteiger charge is -2.38. The number of rotatable bonds is 4. The summed E-state index contributed by atoms with van der Waals surface area (Å²) in [5.74, 6) is 0.655. The van der Waals surface area contributed by atoms with E-state index in [9.17, 15) is 4.79 Å². The molecule has 154 valence electrons. The molecule has 1 fully saturated rings. The summed E-state index contributed by atoms with van der Waals surface area (Å²) in [5, 5.41) is 15.5. The van der Waals surface area contributed by atoms with Crippen molar-refractivity contribution in [3.63, 3.8) is 0 Å². The largest absolute Gasteiger partial charge is 0.351 e. The van der Waals surface area contributed by atoms with Gasteiger partial charge in [-0.1, -0.05) is 0 Å². The van der Waals surface area contributed by atoms with E-state index in [-0.39, 0.29) is 11.4 Å². The highest BCUT2D eigenvalue weighted by molar-refractivity contribution is 5.93. The van der Waals surface area contributed by atoms with Crippen molar-refractivity contribution in [1.82, 2.24) is 34.9 Å². The Morgan fingerprint density at radius 1 is 1.30 bits per heavy atom. The molecule has 1 aliphatic rings. The summed E-state index contributed by atoms with van der Waals surface area (Å²) in [7, 11) is 0. The number of fused-ring (bicyclic) bond motifs is 2. The Morgan fingerprint density at radius 2 is 2.13 bits per heavy atom. The molecular formula is C21H24N8O. The zero-order chi connectivity index (χ0) is 20.7. The van der Waals surface area contributed by atoms with Crippen molar-refractivity contribution >= 4 is 28.5 Å². The molecule has 1 saturated carbocycles. The number of hydrogen-bond donors (Lipinski definition) is 3. The van der Waals surface area contributed by atoms with Gasteiger partial charge in [-0.05, 0) is 44.7 Å². The standard InChI is InChI=1S/C21H24N8O/c1-13(30)27-21(2)7-5-15(6-8-21)25-20-23-10-17-16(9-22-19(17)26-20)14-3-4-18-28-24-12-29(18)11-14/h3-4,9-12,15H,5-8H2,1-2H3,(H,27,30)(H2,22,23,25,26). The maximum Gasteiger partial charge on any atom is 0.224 e. The van der Waals surface area contributed by atoms with Gasteiger partial charge in [0.05, 0.1) is 0 Å². The number of anilines is 1. The first-order valence-electron chi connectivity index (χ1n) is 10.2. The smallest absolute Gasteiger partial charge is 0.224 e. The van der Waals surface area contributed by atoms with E-state index in [2.05, 4.69) is 42.7 Å². The third kappa shape index (κ3) is 3.47. The van der Waals surface area contributed by atoms with Gasteiger partial charge in [0.15, 0.2) is 5.65 Å². The molecule has 9 heteroatoms. The zero-order valence-corrected chi connectivity index (χ0v) is 17.0. The van der Waals surface area contributed by atoms with Crippen LogP contribution in [0.3, 0.4) is 0 Å². The highest BCUT2D eigenvalue weighted by Gasteiger charge is 2.31. The van der Waals surface area contributed by atoms with Gasteiger partial charge < -0.3 is 15.6 Å². The van der Waals surface area contributed by atoms with Crippen LogP contribution in [0, 0.1) is 0 Å². The van der Waals surface area contributed by atoms with Crippen LogP contribution in [0.2, 0.25) is 0 Å². The van der Waals surface area contributed by atoms with Gasteiger partial charge in [0, 0.05) is 53.6 Å². The average Bonchev–Trinajstić information content (AvgIpc) is 3.35. The number of carbonyl (C=O) groups excluding carboxylic acids is 1. The molecule has 4 heterocycles. The molecule has 9 nitrogen and oxygen atoms in total. The van der Waals surface area contributed by atoms with E-state index in [1.165, 1.54) is 0 Å². The number of amides is 1. The third-order valence-electron chi connectivity index (χ3n) is 5.93. The predicted molar refractivity (Wildman–Crippen MR) is 114 cm³/mol. The van der Waals surface area contributed by atoms with Gasteiger partial charge in [-0.3, -0.25) is 9.20 Å². The number of hydrogen-bond acceptors (Lipinski definition) is 6. The molecule has 0 aromatic carbocycles. The summed E-state index contributed by atoms with van der Waals surface area (Å²) in [6.45, 7) is 3.69. The molecular weight excluding hydrogens is 380 g/mol. The van der Waals surface area contributed by atoms with Crippen molar-refractivity contribution in [2.45, 2.75) is 51.1 Å². The molecule has 0 unspecified atom stereocenters. The summed E-state index contributed by atoms with van der Waals surface area (Å²) in [4.78, 5) is 23.9. The van der Waals surface area contributed by atoms with Crippen LogP contribution in [0.15, 0.2) is 37.1 Å². The zero-order valence-electron chi connectivity index (χ0n) is 17.0. The lowest BCUT2D eigenvalue weighted by molar-refractivity contribution is -0.121. The minimum Gasteiger partial charge on any atom is -0.351 e. The summed E-state index contributed by atoms with van der Waals surface area (Å²) < 4.78 is 1.89. The minimum atomic E-state index is -0.116. The quantitative estimate of drug-likeness (QED) is 0.482. The van der Waals surface area contributed by atoms with Crippen LogP contribution in [0.5, 0.6) is 0 Å². The van der Waals surface area contributed by atoms with Gasteiger partial charge >= 0.3 is 0 Å². The van der Waals surface area contributed by atoms with Crippen LogP contribution < -0.4 is 10.6 Å². The molecule has 30 heavy (non-hydrogen) atoms. The highest BCUT2D eigenvalue weighted by atomic mass is 16.1. The second kappa shape index (κ2) is 7.08. The van der Waals surface area contributed by atoms with Crippen molar-refractivity contribution in [3.8, 4) is 11.1 Å². The van der Waals surface area contributed by atoms with Crippen LogP contribution in [-0.2, 0) is 4.79 Å². The van der Waals surface area contributed by atoms with E-state index in [1.54, 1.807) is 13.3 Å². The fraction of sp³-hybridized carbons (Fsp3) is 0.381. The lowest BCUT2D eigenvalue weighted by Crippen LogP contribution is -2.49. The van der Waals surface area contributed by atoms with Gasteiger partial charge in [-0.25, -0.2) is 4.98 Å². The monoisotopic (exact) mass is 404 g/mol. The summed E-state index contributed by atoms with van der Waals surface area (Å²) in [6.07, 6.45) is 11.3. The molecule has 4 aromatic rings.